The fourth-order valence-corrected chi connectivity index (χ4v) is 4.42. The summed E-state index contributed by atoms with van der Waals surface area (Å²) in [5.41, 5.74) is 0.352. The molecule has 1 N–H and O–H groups in total. The minimum Gasteiger partial charge on any atom is -0.497 e. The second kappa shape index (κ2) is 8.55. The van der Waals surface area contributed by atoms with Gasteiger partial charge < -0.3 is 9.47 Å². The van der Waals surface area contributed by atoms with E-state index in [2.05, 4.69) is 9.82 Å². The fourth-order valence-electron chi connectivity index (χ4n) is 2.52. The van der Waals surface area contributed by atoms with E-state index in [1.807, 2.05) is 17.5 Å². The minimum absolute atomic E-state index is 0.0104. The molecule has 0 aliphatic carbocycles. The number of hydrogen-bond acceptors (Lipinski definition) is 7. The van der Waals surface area contributed by atoms with Gasteiger partial charge in [-0.05, 0) is 29.6 Å². The Labute approximate surface area is 166 Å². The number of benzene rings is 1. The maximum Gasteiger partial charge on any atom is 0.266 e. The Balaban J connectivity index is 1.76. The molecule has 0 unspecified atom stereocenters. The van der Waals surface area contributed by atoms with Crippen LogP contribution in [0.15, 0.2) is 57.5 Å². The van der Waals surface area contributed by atoms with Crippen LogP contribution in [0.3, 0.4) is 0 Å². The SMILES string of the molecule is COc1ccc(OC)c(S(=O)(=O)NCCn2nc(-c3cccs3)ccc2=O)c1. The van der Waals surface area contributed by atoms with Gasteiger partial charge in [-0.2, -0.15) is 5.10 Å². The highest BCUT2D eigenvalue weighted by atomic mass is 32.2. The molecule has 148 valence electrons. The van der Waals surface area contributed by atoms with Crippen LogP contribution in [0, 0.1) is 0 Å². The van der Waals surface area contributed by atoms with E-state index in [1.165, 1.54) is 48.4 Å². The van der Waals surface area contributed by atoms with E-state index in [-0.39, 0.29) is 29.3 Å². The summed E-state index contributed by atoms with van der Waals surface area (Å²) < 4.78 is 39.2. The first-order valence-corrected chi connectivity index (χ1v) is 10.6. The Morgan fingerprint density at radius 2 is 1.96 bits per heavy atom. The maximum absolute atomic E-state index is 12.7. The molecule has 28 heavy (non-hydrogen) atoms. The smallest absolute Gasteiger partial charge is 0.266 e. The third-order valence-electron chi connectivity index (χ3n) is 3.92. The Morgan fingerprint density at radius 3 is 2.64 bits per heavy atom. The Morgan fingerprint density at radius 1 is 1.14 bits per heavy atom. The van der Waals surface area contributed by atoms with Crippen molar-refractivity contribution in [3.63, 3.8) is 0 Å². The summed E-state index contributed by atoms with van der Waals surface area (Å²) in [5, 5.41) is 6.22. The van der Waals surface area contributed by atoms with Gasteiger partial charge >= 0.3 is 0 Å². The van der Waals surface area contributed by atoms with Gasteiger partial charge in [-0.15, -0.1) is 11.3 Å². The molecule has 8 nitrogen and oxygen atoms in total. The van der Waals surface area contributed by atoms with Crippen LogP contribution in [0.1, 0.15) is 0 Å². The van der Waals surface area contributed by atoms with Crippen molar-refractivity contribution < 1.29 is 17.9 Å². The Bertz CT molecular complexity index is 1110. The van der Waals surface area contributed by atoms with E-state index in [0.717, 1.165) is 4.88 Å². The topological polar surface area (TPSA) is 99.5 Å². The second-order valence-electron chi connectivity index (χ2n) is 5.67. The van der Waals surface area contributed by atoms with Crippen molar-refractivity contribution in [3.05, 3.63) is 58.2 Å². The number of sulfonamides is 1. The molecule has 2 aromatic heterocycles. The molecule has 3 rings (SSSR count). The quantitative estimate of drug-likeness (QED) is 0.597. The molecule has 10 heteroatoms. The van der Waals surface area contributed by atoms with Crippen molar-refractivity contribution in [3.8, 4) is 22.1 Å². The molecule has 0 amide bonds. The summed E-state index contributed by atoms with van der Waals surface area (Å²) in [6.45, 7) is 0.0764. The third-order valence-corrected chi connectivity index (χ3v) is 6.29. The van der Waals surface area contributed by atoms with Gasteiger partial charge in [-0.1, -0.05) is 6.07 Å². The number of hydrogen-bond donors (Lipinski definition) is 1. The van der Waals surface area contributed by atoms with Crippen molar-refractivity contribution in [1.29, 1.82) is 0 Å². The van der Waals surface area contributed by atoms with Gasteiger partial charge in [0, 0.05) is 18.7 Å². The number of thiophene rings is 1. The van der Waals surface area contributed by atoms with Gasteiger partial charge in [0.2, 0.25) is 10.0 Å². The fraction of sp³-hybridized carbons (Fsp3) is 0.222. The number of ether oxygens (including phenoxy) is 2. The standard InChI is InChI=1S/C18H19N3O5S2/c1-25-13-5-7-15(26-2)17(12-13)28(23,24)19-9-10-21-18(22)8-6-14(20-21)16-4-3-11-27-16/h3-8,11-12,19H,9-10H2,1-2H3. The zero-order chi connectivity index (χ0) is 20.1. The largest absolute Gasteiger partial charge is 0.497 e. The summed E-state index contributed by atoms with van der Waals surface area (Å²) in [6, 6.07) is 11.4. The molecule has 0 saturated heterocycles. The molecule has 0 aliphatic heterocycles. The van der Waals surface area contributed by atoms with E-state index < -0.39 is 10.0 Å². The van der Waals surface area contributed by atoms with Crippen LogP contribution in [-0.4, -0.2) is 39.0 Å². The highest BCUT2D eigenvalue weighted by Gasteiger charge is 2.20. The van der Waals surface area contributed by atoms with Gasteiger partial charge in [-0.25, -0.2) is 17.8 Å². The summed E-state index contributed by atoms with van der Waals surface area (Å²) in [4.78, 5) is 12.9. The first-order chi connectivity index (χ1) is 13.4. The van der Waals surface area contributed by atoms with Crippen molar-refractivity contribution in [1.82, 2.24) is 14.5 Å². The van der Waals surface area contributed by atoms with Gasteiger partial charge in [0.1, 0.15) is 22.1 Å². The summed E-state index contributed by atoms with van der Waals surface area (Å²) in [5.74, 6) is 0.589. The molecule has 2 heterocycles. The van der Waals surface area contributed by atoms with Gasteiger partial charge in [-0.3, -0.25) is 4.79 Å². The monoisotopic (exact) mass is 421 g/mol. The van der Waals surface area contributed by atoms with Crippen molar-refractivity contribution in [2.75, 3.05) is 20.8 Å². The highest BCUT2D eigenvalue weighted by Crippen LogP contribution is 2.28. The molecule has 1 aromatic carbocycles. The lowest BCUT2D eigenvalue weighted by Crippen LogP contribution is -2.32. The Kier molecular flexibility index (Phi) is 6.12. The number of rotatable bonds is 8. The zero-order valence-corrected chi connectivity index (χ0v) is 16.9. The number of nitrogens with one attached hydrogen (secondary N) is 1. The van der Waals surface area contributed by atoms with Crippen LogP contribution in [-0.2, 0) is 16.6 Å². The van der Waals surface area contributed by atoms with E-state index in [9.17, 15) is 13.2 Å². The molecule has 0 atom stereocenters. The molecule has 0 aliphatic rings. The first-order valence-electron chi connectivity index (χ1n) is 8.28. The van der Waals surface area contributed by atoms with Crippen molar-refractivity contribution in [2.45, 2.75) is 11.4 Å². The van der Waals surface area contributed by atoms with Gasteiger partial charge in [0.05, 0.1) is 25.6 Å². The molecule has 3 aromatic rings. The Hall–Kier alpha value is -2.69. The molecule has 0 bridgehead atoms. The third kappa shape index (κ3) is 4.41. The van der Waals surface area contributed by atoms with Crippen molar-refractivity contribution in [2.24, 2.45) is 0 Å². The van der Waals surface area contributed by atoms with Crippen LogP contribution >= 0.6 is 11.3 Å². The van der Waals surface area contributed by atoms with Crippen molar-refractivity contribution >= 4 is 21.4 Å². The predicted molar refractivity (Wildman–Crippen MR) is 107 cm³/mol. The van der Waals surface area contributed by atoms with Crippen LogP contribution in [0.5, 0.6) is 11.5 Å². The van der Waals surface area contributed by atoms with Gasteiger partial charge in [0.25, 0.3) is 5.56 Å². The van der Waals surface area contributed by atoms with Crippen LogP contribution in [0.25, 0.3) is 10.6 Å². The highest BCUT2D eigenvalue weighted by molar-refractivity contribution is 7.89. The molecular formula is C18H19N3O5S2. The average molecular weight is 422 g/mol. The summed E-state index contributed by atoms with van der Waals surface area (Å²) >= 11 is 1.51. The lowest BCUT2D eigenvalue weighted by atomic mass is 10.3. The first kappa shape index (κ1) is 20.1. The minimum atomic E-state index is -3.87. The molecule has 0 fully saturated rings. The van der Waals surface area contributed by atoms with E-state index in [4.69, 9.17) is 9.47 Å². The maximum atomic E-state index is 12.7. The molecule has 0 saturated carbocycles. The molecular weight excluding hydrogens is 402 g/mol. The zero-order valence-electron chi connectivity index (χ0n) is 15.3. The van der Waals surface area contributed by atoms with Crippen LogP contribution in [0.2, 0.25) is 0 Å². The van der Waals surface area contributed by atoms with E-state index >= 15 is 0 Å². The lowest BCUT2D eigenvalue weighted by Gasteiger charge is -2.12. The average Bonchev–Trinajstić information content (AvgIpc) is 3.23. The number of nitrogens with zero attached hydrogens (tertiary/aromatic N) is 2. The van der Waals surface area contributed by atoms with Gasteiger partial charge in [0.15, 0.2) is 0 Å². The lowest BCUT2D eigenvalue weighted by molar-refractivity contribution is 0.392. The van der Waals surface area contributed by atoms with Crippen LogP contribution in [0.4, 0.5) is 0 Å². The summed E-state index contributed by atoms with van der Waals surface area (Å²) in [7, 11) is -1.03. The van der Waals surface area contributed by atoms with E-state index in [0.29, 0.717) is 11.4 Å². The molecule has 0 spiro atoms. The van der Waals surface area contributed by atoms with Crippen LogP contribution < -0.4 is 19.8 Å². The van der Waals surface area contributed by atoms with E-state index in [1.54, 1.807) is 12.1 Å². The predicted octanol–water partition coefficient (Wildman–Crippen LogP) is 1.97. The summed E-state index contributed by atoms with van der Waals surface area (Å²) in [6.07, 6.45) is 0. The number of aromatic nitrogens is 2. The molecule has 0 radical (unpaired) electrons. The number of methoxy groups -OCH3 is 2. The second-order valence-corrected chi connectivity index (χ2v) is 8.35. The normalized spacial score (nSPS) is 11.4.